The summed E-state index contributed by atoms with van der Waals surface area (Å²) in [4.78, 5) is 26.3. The Balaban J connectivity index is 1.50. The molecule has 0 aliphatic heterocycles. The Bertz CT molecular complexity index is 1270. The smallest absolute Gasteiger partial charge is 0.258 e. The zero-order valence-electron chi connectivity index (χ0n) is 15.0. The maximum Gasteiger partial charge on any atom is 0.258 e. The second kappa shape index (κ2) is 6.58. The highest BCUT2D eigenvalue weighted by atomic mass is 32.1. The topological polar surface area (TPSA) is 88.5 Å². The van der Waals surface area contributed by atoms with Gasteiger partial charge in [0.15, 0.2) is 5.65 Å². The van der Waals surface area contributed by atoms with E-state index in [1.165, 1.54) is 4.88 Å². The molecule has 0 aliphatic carbocycles. The third-order valence-electron chi connectivity index (χ3n) is 4.49. The normalized spacial score (nSPS) is 11.3. The van der Waals surface area contributed by atoms with Crippen LogP contribution in [-0.2, 0) is 6.54 Å². The van der Waals surface area contributed by atoms with Crippen LogP contribution in [0.4, 0.5) is 5.95 Å². The van der Waals surface area contributed by atoms with E-state index in [1.807, 2.05) is 47.3 Å². The number of para-hydroxylation sites is 2. The molecule has 5 aromatic rings. The first-order valence-corrected chi connectivity index (χ1v) is 9.67. The van der Waals surface area contributed by atoms with Crippen molar-refractivity contribution >= 4 is 45.3 Å². The van der Waals surface area contributed by atoms with Crippen LogP contribution in [0.2, 0.25) is 0 Å². The summed E-state index contributed by atoms with van der Waals surface area (Å²) in [6, 6.07) is 13.5. The van der Waals surface area contributed by atoms with Gasteiger partial charge >= 0.3 is 0 Å². The van der Waals surface area contributed by atoms with Crippen molar-refractivity contribution in [3.8, 4) is 0 Å². The number of thiophene rings is 1. The average molecular weight is 388 g/mol. The summed E-state index contributed by atoms with van der Waals surface area (Å²) in [6.45, 7) is 2.50. The summed E-state index contributed by atoms with van der Waals surface area (Å²) < 4.78 is 1.83. The highest BCUT2D eigenvalue weighted by Gasteiger charge is 2.17. The van der Waals surface area contributed by atoms with Gasteiger partial charge in [0.25, 0.3) is 5.91 Å². The number of nitrogens with zero attached hydrogens (tertiary/aromatic N) is 4. The number of carbonyl (C=O) groups excluding carboxylic acids is 1. The molecule has 5 rings (SSSR count). The highest BCUT2D eigenvalue weighted by Crippen LogP contribution is 2.22. The van der Waals surface area contributed by atoms with E-state index in [-0.39, 0.29) is 5.91 Å². The Hall–Kier alpha value is -3.52. The van der Waals surface area contributed by atoms with Crippen molar-refractivity contribution < 1.29 is 4.79 Å². The number of aryl methyl sites for hydroxylation is 1. The lowest BCUT2D eigenvalue weighted by molar-refractivity contribution is 0.102. The lowest BCUT2D eigenvalue weighted by Gasteiger charge is -2.06. The maximum atomic E-state index is 12.9. The summed E-state index contributed by atoms with van der Waals surface area (Å²) in [5.74, 6) is 0.171. The lowest BCUT2D eigenvalue weighted by Crippen LogP contribution is -2.14. The summed E-state index contributed by atoms with van der Waals surface area (Å²) in [5, 5.41) is 10.1. The number of nitrogens with one attached hydrogen (secondary N) is 2. The highest BCUT2D eigenvalue weighted by molar-refractivity contribution is 7.09. The molecule has 28 heavy (non-hydrogen) atoms. The molecule has 7 nitrogen and oxygen atoms in total. The zero-order valence-corrected chi connectivity index (χ0v) is 15.8. The molecule has 0 saturated carbocycles. The number of benzene rings is 1. The number of carbonyl (C=O) groups is 1. The van der Waals surface area contributed by atoms with Crippen molar-refractivity contribution in [2.75, 3.05) is 5.32 Å². The molecule has 0 bridgehead atoms. The Kier molecular flexibility index (Phi) is 3.91. The number of hydrogen-bond donors (Lipinski definition) is 2. The molecule has 0 fully saturated rings. The summed E-state index contributed by atoms with van der Waals surface area (Å²) in [5.41, 5.74) is 3.66. The van der Waals surface area contributed by atoms with Crippen molar-refractivity contribution in [3.05, 3.63) is 70.2 Å². The zero-order chi connectivity index (χ0) is 19.1. The van der Waals surface area contributed by atoms with E-state index in [1.54, 1.807) is 23.6 Å². The molecule has 2 N–H and O–H groups in total. The molecule has 4 heterocycles. The van der Waals surface area contributed by atoms with Crippen molar-refractivity contribution in [3.63, 3.8) is 0 Å². The van der Waals surface area contributed by atoms with E-state index >= 15 is 0 Å². The van der Waals surface area contributed by atoms with Crippen molar-refractivity contribution in [1.29, 1.82) is 0 Å². The van der Waals surface area contributed by atoms with Crippen LogP contribution in [0.3, 0.4) is 0 Å². The SMILES string of the molecule is Cc1cc(C(=O)Nc2nc3ccccc3[nH]2)c2cnn(Cc3cccs3)c2n1. The van der Waals surface area contributed by atoms with Gasteiger partial charge in [-0.1, -0.05) is 18.2 Å². The number of imidazole rings is 1. The fraction of sp³-hybridized carbons (Fsp3) is 0.100. The number of rotatable bonds is 4. The van der Waals surface area contributed by atoms with Gasteiger partial charge in [0.1, 0.15) is 0 Å². The summed E-state index contributed by atoms with van der Waals surface area (Å²) in [6.07, 6.45) is 1.70. The molecule has 1 amide bonds. The van der Waals surface area contributed by atoms with Gasteiger partial charge in [0, 0.05) is 10.6 Å². The molecule has 1 aromatic carbocycles. The Morgan fingerprint density at radius 2 is 2.11 bits per heavy atom. The van der Waals surface area contributed by atoms with E-state index in [4.69, 9.17) is 0 Å². The van der Waals surface area contributed by atoms with Crippen molar-refractivity contribution in [2.24, 2.45) is 0 Å². The number of aromatic amines is 1. The number of pyridine rings is 1. The van der Waals surface area contributed by atoms with Crippen LogP contribution in [-0.4, -0.2) is 30.6 Å². The first-order chi connectivity index (χ1) is 13.7. The molecule has 0 unspecified atom stereocenters. The van der Waals surface area contributed by atoms with Gasteiger partial charge < -0.3 is 4.98 Å². The number of anilines is 1. The van der Waals surface area contributed by atoms with Crippen LogP contribution in [0, 0.1) is 6.92 Å². The molecule has 4 aromatic heterocycles. The minimum absolute atomic E-state index is 0.245. The van der Waals surface area contributed by atoms with Crippen LogP contribution >= 0.6 is 11.3 Å². The van der Waals surface area contributed by atoms with Crippen molar-refractivity contribution in [1.82, 2.24) is 24.7 Å². The average Bonchev–Trinajstić information content (AvgIpc) is 3.41. The van der Waals surface area contributed by atoms with E-state index < -0.39 is 0 Å². The fourth-order valence-corrected chi connectivity index (χ4v) is 3.90. The van der Waals surface area contributed by atoms with Crippen LogP contribution in [0.5, 0.6) is 0 Å². The molecule has 0 radical (unpaired) electrons. The van der Waals surface area contributed by atoms with Gasteiger partial charge in [-0.05, 0) is 36.6 Å². The Morgan fingerprint density at radius 1 is 1.21 bits per heavy atom. The number of fused-ring (bicyclic) bond motifs is 2. The first kappa shape index (κ1) is 16.6. The number of aromatic nitrogens is 5. The van der Waals surface area contributed by atoms with Crippen LogP contribution < -0.4 is 5.32 Å². The van der Waals surface area contributed by atoms with E-state index in [0.29, 0.717) is 23.7 Å². The Morgan fingerprint density at radius 3 is 2.93 bits per heavy atom. The van der Waals surface area contributed by atoms with E-state index in [9.17, 15) is 4.79 Å². The first-order valence-electron chi connectivity index (χ1n) is 8.79. The predicted molar refractivity (Wildman–Crippen MR) is 110 cm³/mol. The largest absolute Gasteiger partial charge is 0.324 e. The molecule has 0 spiro atoms. The van der Waals surface area contributed by atoms with Gasteiger partial charge in [0.2, 0.25) is 5.95 Å². The van der Waals surface area contributed by atoms with Gasteiger partial charge in [-0.2, -0.15) is 5.10 Å². The number of hydrogen-bond acceptors (Lipinski definition) is 5. The van der Waals surface area contributed by atoms with Crippen LogP contribution in [0.1, 0.15) is 20.9 Å². The third-order valence-corrected chi connectivity index (χ3v) is 5.35. The number of amides is 1. The van der Waals surface area contributed by atoms with E-state index in [2.05, 4.69) is 31.4 Å². The minimum Gasteiger partial charge on any atom is -0.324 e. The van der Waals surface area contributed by atoms with Gasteiger partial charge in [-0.25, -0.2) is 14.6 Å². The predicted octanol–water partition coefficient (Wildman–Crippen LogP) is 3.98. The molecular formula is C20H16N6OS. The molecule has 0 atom stereocenters. The molecular weight excluding hydrogens is 372 g/mol. The summed E-state index contributed by atoms with van der Waals surface area (Å²) >= 11 is 1.67. The maximum absolute atomic E-state index is 12.9. The van der Waals surface area contributed by atoms with E-state index in [0.717, 1.165) is 22.1 Å². The molecule has 8 heteroatoms. The van der Waals surface area contributed by atoms with Gasteiger partial charge in [0.05, 0.1) is 34.7 Å². The number of H-pyrrole nitrogens is 1. The quantitative estimate of drug-likeness (QED) is 0.487. The second-order valence-electron chi connectivity index (χ2n) is 6.49. The second-order valence-corrected chi connectivity index (χ2v) is 7.52. The van der Waals surface area contributed by atoms with Gasteiger partial charge in [-0.3, -0.25) is 10.1 Å². The standard InChI is InChI=1S/C20H16N6OS/c1-12-9-14(19(27)25-20-23-16-6-2-3-7-17(16)24-20)15-10-21-26(18(15)22-12)11-13-5-4-8-28-13/h2-10H,11H2,1H3,(H2,23,24,25,27). The Labute approximate surface area is 164 Å². The van der Waals surface area contributed by atoms with Crippen LogP contribution in [0.25, 0.3) is 22.1 Å². The fourth-order valence-electron chi connectivity index (χ4n) is 3.21. The van der Waals surface area contributed by atoms with Gasteiger partial charge in [-0.15, -0.1) is 11.3 Å². The molecule has 138 valence electrons. The summed E-state index contributed by atoms with van der Waals surface area (Å²) in [7, 11) is 0. The lowest BCUT2D eigenvalue weighted by atomic mass is 10.1. The minimum atomic E-state index is -0.245. The molecule has 0 saturated heterocycles. The monoisotopic (exact) mass is 388 g/mol. The van der Waals surface area contributed by atoms with Crippen LogP contribution in [0.15, 0.2) is 54.0 Å². The third kappa shape index (κ3) is 2.93. The molecule has 0 aliphatic rings. The van der Waals surface area contributed by atoms with Crippen molar-refractivity contribution in [2.45, 2.75) is 13.5 Å².